The molecule has 0 fully saturated rings. The molecule has 3 nitrogen and oxygen atoms in total. The quantitative estimate of drug-likeness (QED) is 0.854. The fourth-order valence-electron chi connectivity index (χ4n) is 1.94. The molecule has 2 rings (SSSR count). The number of hydrogen-bond acceptors (Lipinski definition) is 3. The first kappa shape index (κ1) is 13.0. The first-order valence-corrected chi connectivity index (χ1v) is 7.58. The van der Waals surface area contributed by atoms with Crippen molar-refractivity contribution in [3.63, 3.8) is 0 Å². The van der Waals surface area contributed by atoms with Crippen LogP contribution < -0.4 is 5.32 Å². The molecule has 1 atom stereocenters. The van der Waals surface area contributed by atoms with Gasteiger partial charge in [-0.2, -0.15) is 11.8 Å². The van der Waals surface area contributed by atoms with Gasteiger partial charge in [0.2, 0.25) is 5.95 Å². The molecule has 96 valence electrons. The van der Waals surface area contributed by atoms with Gasteiger partial charge in [0, 0.05) is 29.9 Å². The summed E-state index contributed by atoms with van der Waals surface area (Å²) in [5, 5.41) is 3.37. The van der Waals surface area contributed by atoms with Gasteiger partial charge < -0.3 is 9.88 Å². The summed E-state index contributed by atoms with van der Waals surface area (Å²) in [4.78, 5) is 4.41. The molecule has 1 unspecified atom stereocenters. The van der Waals surface area contributed by atoms with Crippen molar-refractivity contribution in [3.8, 4) is 0 Å². The minimum Gasteiger partial charge on any atom is -0.326 e. The maximum Gasteiger partial charge on any atom is 0.207 e. The van der Waals surface area contributed by atoms with E-state index >= 15 is 0 Å². The summed E-state index contributed by atoms with van der Waals surface area (Å²) in [6.45, 7) is 2.22. The third kappa shape index (κ3) is 3.07. The van der Waals surface area contributed by atoms with E-state index in [-0.39, 0.29) is 0 Å². The summed E-state index contributed by atoms with van der Waals surface area (Å²) >= 11 is 1.87. The van der Waals surface area contributed by atoms with E-state index in [9.17, 15) is 0 Å². The smallest absolute Gasteiger partial charge is 0.207 e. The van der Waals surface area contributed by atoms with Gasteiger partial charge in [0.05, 0.1) is 0 Å². The van der Waals surface area contributed by atoms with E-state index in [1.165, 1.54) is 0 Å². The SMILES string of the molecule is CCC(CSC)n1ccnc1Nc1ccccc1. The molecule has 2 aromatic rings. The average Bonchev–Trinajstić information content (AvgIpc) is 2.85. The zero-order valence-corrected chi connectivity index (χ0v) is 11.7. The first-order chi connectivity index (χ1) is 8.85. The maximum absolute atomic E-state index is 4.41. The van der Waals surface area contributed by atoms with Gasteiger partial charge in [-0.25, -0.2) is 4.98 Å². The number of imidazole rings is 1. The van der Waals surface area contributed by atoms with Gasteiger partial charge in [-0.15, -0.1) is 0 Å². The van der Waals surface area contributed by atoms with E-state index in [0.29, 0.717) is 6.04 Å². The van der Waals surface area contributed by atoms with Crippen molar-refractivity contribution < 1.29 is 0 Å². The predicted octanol–water partition coefficient (Wildman–Crippen LogP) is 3.94. The lowest BCUT2D eigenvalue weighted by atomic mass is 10.2. The van der Waals surface area contributed by atoms with Crippen LogP contribution in [0.25, 0.3) is 0 Å². The van der Waals surface area contributed by atoms with Gasteiger partial charge in [-0.05, 0) is 24.8 Å². The molecular formula is C14H19N3S. The molecule has 0 saturated heterocycles. The van der Waals surface area contributed by atoms with Crippen LogP contribution in [0.1, 0.15) is 19.4 Å². The summed E-state index contributed by atoms with van der Waals surface area (Å²) in [6, 6.07) is 10.7. The number of rotatable bonds is 6. The summed E-state index contributed by atoms with van der Waals surface area (Å²) in [7, 11) is 0. The summed E-state index contributed by atoms with van der Waals surface area (Å²) in [5.74, 6) is 2.03. The van der Waals surface area contributed by atoms with Crippen molar-refractivity contribution in [2.75, 3.05) is 17.3 Å². The highest BCUT2D eigenvalue weighted by Gasteiger charge is 2.12. The summed E-state index contributed by atoms with van der Waals surface area (Å²) in [6.07, 6.45) is 7.16. The van der Waals surface area contributed by atoms with Gasteiger partial charge in [-0.3, -0.25) is 0 Å². The number of aromatic nitrogens is 2. The van der Waals surface area contributed by atoms with Crippen LogP contribution in [-0.4, -0.2) is 21.6 Å². The predicted molar refractivity (Wildman–Crippen MR) is 79.7 cm³/mol. The Morgan fingerprint density at radius 2 is 2.11 bits per heavy atom. The average molecular weight is 261 g/mol. The number of hydrogen-bond donors (Lipinski definition) is 1. The second kappa shape index (κ2) is 6.50. The van der Waals surface area contributed by atoms with Crippen LogP contribution in [-0.2, 0) is 0 Å². The van der Waals surface area contributed by atoms with Gasteiger partial charge in [0.1, 0.15) is 0 Å². The molecule has 0 aliphatic rings. The van der Waals surface area contributed by atoms with Crippen LogP contribution in [0.15, 0.2) is 42.7 Å². The van der Waals surface area contributed by atoms with Crippen molar-refractivity contribution >= 4 is 23.4 Å². The zero-order chi connectivity index (χ0) is 12.8. The molecule has 18 heavy (non-hydrogen) atoms. The fourth-order valence-corrected chi connectivity index (χ4v) is 2.72. The minimum absolute atomic E-state index is 0.494. The Morgan fingerprint density at radius 3 is 2.78 bits per heavy atom. The largest absolute Gasteiger partial charge is 0.326 e. The van der Waals surface area contributed by atoms with Crippen molar-refractivity contribution in [2.24, 2.45) is 0 Å². The second-order valence-corrected chi connectivity index (χ2v) is 5.08. The molecule has 0 aliphatic carbocycles. The molecule has 0 saturated carbocycles. The maximum atomic E-state index is 4.41. The Morgan fingerprint density at radius 1 is 1.33 bits per heavy atom. The highest BCUT2D eigenvalue weighted by molar-refractivity contribution is 7.98. The molecule has 1 N–H and O–H groups in total. The Hall–Kier alpha value is -1.42. The molecule has 0 aliphatic heterocycles. The van der Waals surface area contributed by atoms with Gasteiger partial charge in [0.15, 0.2) is 0 Å². The van der Waals surface area contributed by atoms with Crippen LogP contribution in [0.2, 0.25) is 0 Å². The number of benzene rings is 1. The normalized spacial score (nSPS) is 12.3. The topological polar surface area (TPSA) is 29.9 Å². The van der Waals surface area contributed by atoms with Crippen molar-refractivity contribution in [2.45, 2.75) is 19.4 Å². The molecular weight excluding hydrogens is 242 g/mol. The molecule has 0 bridgehead atoms. The standard InChI is InChI=1S/C14H19N3S/c1-3-13(11-18-2)17-10-9-15-14(17)16-12-7-5-4-6-8-12/h4-10,13H,3,11H2,1-2H3,(H,15,16). The Balaban J connectivity index is 2.17. The van der Waals surface area contributed by atoms with E-state index in [4.69, 9.17) is 0 Å². The monoisotopic (exact) mass is 261 g/mol. The minimum atomic E-state index is 0.494. The molecule has 0 amide bonds. The lowest BCUT2D eigenvalue weighted by molar-refractivity contribution is 0.546. The second-order valence-electron chi connectivity index (χ2n) is 4.17. The third-order valence-corrected chi connectivity index (χ3v) is 3.64. The molecule has 1 aromatic heterocycles. The first-order valence-electron chi connectivity index (χ1n) is 6.19. The molecule has 1 aromatic carbocycles. The van der Waals surface area contributed by atoms with Crippen LogP contribution in [0.4, 0.5) is 11.6 Å². The highest BCUT2D eigenvalue weighted by Crippen LogP contribution is 2.22. The molecule has 0 radical (unpaired) electrons. The van der Waals surface area contributed by atoms with E-state index in [2.05, 4.69) is 46.4 Å². The summed E-state index contributed by atoms with van der Waals surface area (Å²) in [5.41, 5.74) is 1.07. The van der Waals surface area contributed by atoms with E-state index in [1.54, 1.807) is 0 Å². The van der Waals surface area contributed by atoms with Gasteiger partial charge in [0.25, 0.3) is 0 Å². The Kier molecular flexibility index (Phi) is 4.70. The van der Waals surface area contributed by atoms with E-state index in [1.807, 2.05) is 36.2 Å². The number of thioether (sulfide) groups is 1. The number of nitrogens with zero attached hydrogens (tertiary/aromatic N) is 2. The van der Waals surface area contributed by atoms with Crippen LogP contribution in [0.3, 0.4) is 0 Å². The van der Waals surface area contributed by atoms with Crippen molar-refractivity contribution in [1.82, 2.24) is 9.55 Å². The fraction of sp³-hybridized carbons (Fsp3) is 0.357. The van der Waals surface area contributed by atoms with Crippen LogP contribution in [0, 0.1) is 0 Å². The van der Waals surface area contributed by atoms with Crippen LogP contribution >= 0.6 is 11.8 Å². The lowest BCUT2D eigenvalue weighted by Crippen LogP contribution is -2.12. The molecule has 1 heterocycles. The van der Waals surface area contributed by atoms with Gasteiger partial charge in [-0.1, -0.05) is 25.1 Å². The summed E-state index contributed by atoms with van der Waals surface area (Å²) < 4.78 is 2.23. The zero-order valence-electron chi connectivity index (χ0n) is 10.8. The van der Waals surface area contributed by atoms with Gasteiger partial charge >= 0.3 is 0 Å². The third-order valence-electron chi connectivity index (χ3n) is 2.92. The number of anilines is 2. The lowest BCUT2D eigenvalue weighted by Gasteiger charge is -2.18. The number of para-hydroxylation sites is 1. The van der Waals surface area contributed by atoms with Crippen LogP contribution in [0.5, 0.6) is 0 Å². The molecule has 0 spiro atoms. The molecule has 4 heteroatoms. The highest BCUT2D eigenvalue weighted by atomic mass is 32.2. The Bertz CT molecular complexity index is 467. The van der Waals surface area contributed by atoms with Crippen molar-refractivity contribution in [1.29, 1.82) is 0 Å². The van der Waals surface area contributed by atoms with Crippen molar-refractivity contribution in [3.05, 3.63) is 42.7 Å². The van der Waals surface area contributed by atoms with E-state index in [0.717, 1.165) is 23.8 Å². The number of nitrogens with one attached hydrogen (secondary N) is 1. The Labute approximate surface area is 113 Å². The van der Waals surface area contributed by atoms with E-state index < -0.39 is 0 Å².